The third kappa shape index (κ3) is 3.49. The lowest BCUT2D eigenvalue weighted by Gasteiger charge is -1.95. The van der Waals surface area contributed by atoms with Crippen molar-refractivity contribution in [2.45, 2.75) is 12.2 Å². The van der Waals surface area contributed by atoms with Crippen LogP contribution in [0.2, 0.25) is 0 Å². The van der Waals surface area contributed by atoms with Crippen molar-refractivity contribution in [2.24, 2.45) is 5.73 Å². The highest BCUT2D eigenvalue weighted by molar-refractivity contribution is 7.98. The molecule has 3 heteroatoms. The van der Waals surface area contributed by atoms with Crippen LogP contribution in [0.3, 0.4) is 0 Å². The minimum Gasteiger partial charge on any atom is -0.472 e. The predicted octanol–water partition coefficient (Wildman–Crippen LogP) is 1.86. The van der Waals surface area contributed by atoms with Crippen LogP contribution in [-0.2, 0) is 5.75 Å². The van der Waals surface area contributed by atoms with Crippen molar-refractivity contribution < 1.29 is 4.42 Å². The quantitative estimate of drug-likeness (QED) is 0.687. The van der Waals surface area contributed by atoms with Gasteiger partial charge in [-0.25, -0.2) is 0 Å². The molecule has 0 saturated carbocycles. The molecular formula is C8H13NOS. The van der Waals surface area contributed by atoms with Crippen LogP contribution in [0.4, 0.5) is 0 Å². The Labute approximate surface area is 71.1 Å². The second kappa shape index (κ2) is 5.27. The molecule has 1 heterocycles. The van der Waals surface area contributed by atoms with Crippen molar-refractivity contribution in [2.75, 3.05) is 12.3 Å². The van der Waals surface area contributed by atoms with Crippen LogP contribution in [0.5, 0.6) is 0 Å². The first kappa shape index (κ1) is 8.68. The van der Waals surface area contributed by atoms with Gasteiger partial charge in [-0.1, -0.05) is 0 Å². The minimum atomic E-state index is 0.790. The fraction of sp³-hybridized carbons (Fsp3) is 0.500. The summed E-state index contributed by atoms with van der Waals surface area (Å²) in [5.74, 6) is 2.18. The largest absolute Gasteiger partial charge is 0.472 e. The fourth-order valence-electron chi connectivity index (χ4n) is 0.750. The van der Waals surface area contributed by atoms with E-state index in [1.807, 2.05) is 17.8 Å². The molecule has 0 unspecified atom stereocenters. The Kier molecular flexibility index (Phi) is 4.16. The van der Waals surface area contributed by atoms with Crippen LogP contribution in [0.1, 0.15) is 12.0 Å². The normalized spacial score (nSPS) is 10.3. The van der Waals surface area contributed by atoms with E-state index in [0.29, 0.717) is 0 Å². The van der Waals surface area contributed by atoms with Crippen molar-refractivity contribution in [3.8, 4) is 0 Å². The van der Waals surface area contributed by atoms with Crippen molar-refractivity contribution in [3.05, 3.63) is 24.2 Å². The SMILES string of the molecule is NCCCSCc1ccoc1. The van der Waals surface area contributed by atoms with Crippen molar-refractivity contribution in [1.29, 1.82) is 0 Å². The van der Waals surface area contributed by atoms with Crippen molar-refractivity contribution in [3.63, 3.8) is 0 Å². The Hall–Kier alpha value is -0.410. The molecule has 2 N–H and O–H groups in total. The van der Waals surface area contributed by atoms with Crippen LogP contribution in [-0.4, -0.2) is 12.3 Å². The van der Waals surface area contributed by atoms with E-state index in [4.69, 9.17) is 10.2 Å². The van der Waals surface area contributed by atoms with Gasteiger partial charge in [0, 0.05) is 11.3 Å². The molecule has 0 radical (unpaired) electrons. The highest BCUT2D eigenvalue weighted by atomic mass is 32.2. The third-order valence-electron chi connectivity index (χ3n) is 1.34. The maximum absolute atomic E-state index is 5.36. The molecule has 1 aromatic rings. The summed E-state index contributed by atoms with van der Waals surface area (Å²) in [5, 5.41) is 0. The van der Waals surface area contributed by atoms with E-state index in [2.05, 4.69) is 0 Å². The summed E-state index contributed by atoms with van der Waals surface area (Å²) in [4.78, 5) is 0. The first-order chi connectivity index (χ1) is 5.43. The van der Waals surface area contributed by atoms with Crippen molar-refractivity contribution in [1.82, 2.24) is 0 Å². The molecule has 0 fully saturated rings. The van der Waals surface area contributed by atoms with Gasteiger partial charge in [0.2, 0.25) is 0 Å². The zero-order valence-electron chi connectivity index (χ0n) is 6.45. The number of rotatable bonds is 5. The van der Waals surface area contributed by atoms with Gasteiger partial charge in [0.25, 0.3) is 0 Å². The van der Waals surface area contributed by atoms with Crippen LogP contribution in [0, 0.1) is 0 Å². The topological polar surface area (TPSA) is 39.2 Å². The molecule has 0 aliphatic carbocycles. The van der Waals surface area contributed by atoms with Gasteiger partial charge in [-0.3, -0.25) is 0 Å². The Morgan fingerprint density at radius 2 is 2.45 bits per heavy atom. The molecule has 0 aliphatic rings. The second-order valence-electron chi connectivity index (χ2n) is 2.33. The van der Waals surface area contributed by atoms with E-state index in [-0.39, 0.29) is 0 Å². The van der Waals surface area contributed by atoms with Gasteiger partial charge in [0.15, 0.2) is 0 Å². The van der Waals surface area contributed by atoms with E-state index in [9.17, 15) is 0 Å². The highest BCUT2D eigenvalue weighted by Gasteiger charge is 1.93. The maximum atomic E-state index is 5.36. The first-order valence-electron chi connectivity index (χ1n) is 3.72. The lowest BCUT2D eigenvalue weighted by atomic mass is 10.4. The predicted molar refractivity (Wildman–Crippen MR) is 48.5 cm³/mol. The number of nitrogens with two attached hydrogens (primary N) is 1. The monoisotopic (exact) mass is 171 g/mol. The van der Waals surface area contributed by atoms with Crippen LogP contribution in [0.15, 0.2) is 23.0 Å². The van der Waals surface area contributed by atoms with Gasteiger partial charge in [-0.15, -0.1) is 0 Å². The number of thioether (sulfide) groups is 1. The van der Waals surface area contributed by atoms with Crippen LogP contribution >= 0.6 is 11.8 Å². The van der Waals surface area contributed by atoms with Crippen molar-refractivity contribution >= 4 is 11.8 Å². The zero-order valence-corrected chi connectivity index (χ0v) is 7.27. The lowest BCUT2D eigenvalue weighted by molar-refractivity contribution is 0.565. The molecule has 62 valence electrons. The van der Waals surface area contributed by atoms with Gasteiger partial charge in [-0.2, -0.15) is 11.8 Å². The number of furan rings is 1. The van der Waals surface area contributed by atoms with Gasteiger partial charge in [0.05, 0.1) is 12.5 Å². The maximum Gasteiger partial charge on any atom is 0.0942 e. The Bertz CT molecular complexity index is 174. The van der Waals surface area contributed by atoms with E-state index in [1.54, 1.807) is 12.5 Å². The smallest absolute Gasteiger partial charge is 0.0942 e. The number of hydrogen-bond donors (Lipinski definition) is 1. The molecule has 1 aromatic heterocycles. The third-order valence-corrected chi connectivity index (χ3v) is 2.46. The lowest BCUT2D eigenvalue weighted by Crippen LogP contribution is -1.99. The molecule has 0 bridgehead atoms. The molecule has 1 rings (SSSR count). The standard InChI is InChI=1S/C8H13NOS/c9-3-1-5-11-7-8-2-4-10-6-8/h2,4,6H,1,3,5,7,9H2. The molecule has 0 amide bonds. The van der Waals surface area contributed by atoms with Gasteiger partial charge in [-0.05, 0) is 24.8 Å². The van der Waals surface area contributed by atoms with Gasteiger partial charge >= 0.3 is 0 Å². The second-order valence-corrected chi connectivity index (χ2v) is 3.43. The number of hydrogen-bond acceptors (Lipinski definition) is 3. The van der Waals surface area contributed by atoms with E-state index >= 15 is 0 Å². The average molecular weight is 171 g/mol. The minimum absolute atomic E-state index is 0.790. The zero-order chi connectivity index (χ0) is 7.94. The first-order valence-corrected chi connectivity index (χ1v) is 4.88. The Morgan fingerprint density at radius 1 is 1.55 bits per heavy atom. The van der Waals surface area contributed by atoms with Crippen LogP contribution < -0.4 is 5.73 Å². The molecule has 0 atom stereocenters. The molecule has 0 aliphatic heterocycles. The summed E-state index contributed by atoms with van der Waals surface area (Å²) in [5.41, 5.74) is 6.61. The van der Waals surface area contributed by atoms with Gasteiger partial charge in [0.1, 0.15) is 0 Å². The molecule has 0 aromatic carbocycles. The summed E-state index contributed by atoms with van der Waals surface area (Å²) in [6.07, 6.45) is 4.59. The summed E-state index contributed by atoms with van der Waals surface area (Å²) >= 11 is 1.90. The molecule has 2 nitrogen and oxygen atoms in total. The Morgan fingerprint density at radius 3 is 3.09 bits per heavy atom. The van der Waals surface area contributed by atoms with E-state index in [0.717, 1.165) is 24.5 Å². The highest BCUT2D eigenvalue weighted by Crippen LogP contribution is 2.12. The molecular weight excluding hydrogens is 158 g/mol. The molecule has 0 saturated heterocycles. The molecule has 11 heavy (non-hydrogen) atoms. The summed E-state index contributed by atoms with van der Waals surface area (Å²) in [6.45, 7) is 0.790. The molecule has 0 spiro atoms. The average Bonchev–Trinajstić information content (AvgIpc) is 2.50. The van der Waals surface area contributed by atoms with E-state index < -0.39 is 0 Å². The summed E-state index contributed by atoms with van der Waals surface area (Å²) < 4.78 is 4.93. The van der Waals surface area contributed by atoms with Gasteiger partial charge < -0.3 is 10.2 Å². The van der Waals surface area contributed by atoms with E-state index in [1.165, 1.54) is 5.56 Å². The summed E-state index contributed by atoms with van der Waals surface area (Å²) in [7, 11) is 0. The summed E-state index contributed by atoms with van der Waals surface area (Å²) in [6, 6.07) is 2.00. The fourth-order valence-corrected chi connectivity index (χ4v) is 1.67. The Balaban J connectivity index is 2.04. The van der Waals surface area contributed by atoms with Crippen LogP contribution in [0.25, 0.3) is 0 Å².